The fourth-order valence-corrected chi connectivity index (χ4v) is 3.06. The van der Waals surface area contributed by atoms with Crippen molar-refractivity contribution in [2.24, 2.45) is 0 Å². The highest BCUT2D eigenvalue weighted by Crippen LogP contribution is 2.16. The van der Waals surface area contributed by atoms with Crippen molar-refractivity contribution in [2.45, 2.75) is 31.7 Å². The van der Waals surface area contributed by atoms with Gasteiger partial charge in [0, 0.05) is 25.3 Å². The van der Waals surface area contributed by atoms with Gasteiger partial charge in [-0.15, -0.1) is 5.10 Å². The van der Waals surface area contributed by atoms with Gasteiger partial charge in [0.1, 0.15) is 0 Å². The third-order valence-electron chi connectivity index (χ3n) is 4.22. The molecule has 1 N–H and O–H groups in total. The Morgan fingerprint density at radius 1 is 1.14 bits per heavy atom. The van der Waals surface area contributed by atoms with Crippen LogP contribution in [0.4, 0.5) is 5.82 Å². The summed E-state index contributed by atoms with van der Waals surface area (Å²) in [4.78, 5) is 2.34. The second-order valence-electron chi connectivity index (χ2n) is 5.91. The Morgan fingerprint density at radius 2 is 2.05 bits per heavy atom. The van der Waals surface area contributed by atoms with Gasteiger partial charge in [0.05, 0.1) is 0 Å². The fourth-order valence-electron chi connectivity index (χ4n) is 3.06. The van der Waals surface area contributed by atoms with Gasteiger partial charge in [0.25, 0.3) is 0 Å². The molecular weight excluding hydrogens is 272 g/mol. The summed E-state index contributed by atoms with van der Waals surface area (Å²) in [5, 5.41) is 11.9. The number of piperidine rings is 1. The molecule has 4 heteroatoms. The van der Waals surface area contributed by atoms with Gasteiger partial charge in [0.2, 0.25) is 0 Å². The van der Waals surface area contributed by atoms with E-state index in [0.717, 1.165) is 31.9 Å². The summed E-state index contributed by atoms with van der Waals surface area (Å²) in [6, 6.07) is 15.3. The molecule has 1 aromatic heterocycles. The quantitative estimate of drug-likeness (QED) is 0.832. The largest absolute Gasteiger partial charge is 0.354 e. The number of hydrogen-bond acceptors (Lipinski definition) is 4. The van der Waals surface area contributed by atoms with E-state index in [4.69, 9.17) is 0 Å². The smallest absolute Gasteiger partial charge is 0.151 e. The van der Waals surface area contributed by atoms with Crippen molar-refractivity contribution in [3.8, 4) is 0 Å². The molecule has 22 heavy (non-hydrogen) atoms. The summed E-state index contributed by atoms with van der Waals surface area (Å²) in [6.45, 7) is 3.19. The molecule has 1 aromatic carbocycles. The molecule has 3 rings (SSSR count). The normalized spacial score (nSPS) is 18.4. The van der Waals surface area contributed by atoms with E-state index < -0.39 is 0 Å². The zero-order chi connectivity index (χ0) is 15.0. The minimum Gasteiger partial charge on any atom is -0.354 e. The number of aryl methyl sites for hydroxylation is 1. The predicted molar refractivity (Wildman–Crippen MR) is 90.0 cm³/mol. The maximum absolute atomic E-state index is 4.22. The molecule has 4 nitrogen and oxygen atoms in total. The van der Waals surface area contributed by atoms with Crippen LogP contribution in [0.5, 0.6) is 0 Å². The summed E-state index contributed by atoms with van der Waals surface area (Å²) in [5.41, 5.74) is 1.43. The van der Waals surface area contributed by atoms with Crippen LogP contribution in [-0.4, -0.2) is 35.9 Å². The number of nitrogens with one attached hydrogen (secondary N) is 1. The van der Waals surface area contributed by atoms with Crippen LogP contribution in [0.2, 0.25) is 0 Å². The van der Waals surface area contributed by atoms with Crippen LogP contribution in [0.15, 0.2) is 48.7 Å². The summed E-state index contributed by atoms with van der Waals surface area (Å²) in [6.07, 6.45) is 6.53. The van der Waals surface area contributed by atoms with E-state index in [0.29, 0.717) is 6.04 Å². The molecule has 1 fully saturated rings. The molecule has 0 bridgehead atoms. The van der Waals surface area contributed by atoms with Crippen molar-refractivity contribution in [2.75, 3.05) is 24.5 Å². The van der Waals surface area contributed by atoms with Gasteiger partial charge < -0.3 is 10.2 Å². The molecule has 1 saturated heterocycles. The highest BCUT2D eigenvalue weighted by molar-refractivity contribution is 5.37. The molecule has 0 aliphatic carbocycles. The van der Waals surface area contributed by atoms with E-state index in [1.807, 2.05) is 12.1 Å². The average Bonchev–Trinajstić information content (AvgIpc) is 2.61. The third kappa shape index (κ3) is 4.28. The minimum absolute atomic E-state index is 0.562. The molecule has 1 aliphatic rings. The second kappa shape index (κ2) is 7.90. The molecule has 0 amide bonds. The standard InChI is InChI=1S/C18H24N4/c1-2-7-16(8-3-1)9-4-12-19-17-10-6-14-22(15-17)18-11-5-13-20-21-18/h1-3,5,7-8,11,13,17,19H,4,6,9-10,12,14-15H2. The Labute approximate surface area is 132 Å². The summed E-state index contributed by atoms with van der Waals surface area (Å²) < 4.78 is 0. The van der Waals surface area contributed by atoms with Crippen molar-refractivity contribution < 1.29 is 0 Å². The van der Waals surface area contributed by atoms with Crippen LogP contribution in [0.3, 0.4) is 0 Å². The van der Waals surface area contributed by atoms with Crippen molar-refractivity contribution in [3.05, 3.63) is 54.2 Å². The van der Waals surface area contributed by atoms with Gasteiger partial charge in [-0.1, -0.05) is 30.3 Å². The van der Waals surface area contributed by atoms with E-state index in [-0.39, 0.29) is 0 Å². The maximum atomic E-state index is 4.22. The van der Waals surface area contributed by atoms with Crippen molar-refractivity contribution >= 4 is 5.82 Å². The molecule has 2 aromatic rings. The summed E-state index contributed by atoms with van der Waals surface area (Å²) >= 11 is 0. The van der Waals surface area contributed by atoms with Crippen molar-refractivity contribution in [3.63, 3.8) is 0 Å². The number of hydrogen-bond donors (Lipinski definition) is 1. The molecule has 116 valence electrons. The lowest BCUT2D eigenvalue weighted by molar-refractivity contribution is 0.418. The van der Waals surface area contributed by atoms with Gasteiger partial charge in [-0.05, 0) is 49.9 Å². The average molecular weight is 296 g/mol. The zero-order valence-corrected chi connectivity index (χ0v) is 13.0. The number of rotatable bonds is 6. The molecule has 2 heterocycles. The van der Waals surface area contributed by atoms with E-state index >= 15 is 0 Å². The predicted octanol–water partition coefficient (Wildman–Crippen LogP) is 2.67. The van der Waals surface area contributed by atoms with E-state index in [2.05, 4.69) is 50.7 Å². The van der Waals surface area contributed by atoms with Crippen LogP contribution in [0, 0.1) is 0 Å². The SMILES string of the molecule is c1ccc(CCCNC2CCCN(c3cccnn3)C2)cc1. The Morgan fingerprint density at radius 3 is 2.86 bits per heavy atom. The molecule has 1 atom stereocenters. The Balaban J connectivity index is 1.41. The molecule has 1 unspecified atom stereocenters. The number of anilines is 1. The lowest BCUT2D eigenvalue weighted by Gasteiger charge is -2.33. The molecule has 0 radical (unpaired) electrons. The van der Waals surface area contributed by atoms with Gasteiger partial charge >= 0.3 is 0 Å². The second-order valence-corrected chi connectivity index (χ2v) is 5.91. The first-order chi connectivity index (χ1) is 10.9. The fraction of sp³-hybridized carbons (Fsp3) is 0.444. The van der Waals surface area contributed by atoms with Gasteiger partial charge in [-0.3, -0.25) is 0 Å². The molecular formula is C18H24N4. The first-order valence-corrected chi connectivity index (χ1v) is 8.22. The monoisotopic (exact) mass is 296 g/mol. The number of aromatic nitrogens is 2. The first kappa shape index (κ1) is 15.0. The number of benzene rings is 1. The minimum atomic E-state index is 0.562. The topological polar surface area (TPSA) is 41.0 Å². The lowest BCUT2D eigenvalue weighted by atomic mass is 10.0. The van der Waals surface area contributed by atoms with Crippen LogP contribution >= 0.6 is 0 Å². The van der Waals surface area contributed by atoms with Crippen LogP contribution in [0.1, 0.15) is 24.8 Å². The molecule has 1 aliphatic heterocycles. The molecule has 0 saturated carbocycles. The van der Waals surface area contributed by atoms with Crippen LogP contribution < -0.4 is 10.2 Å². The van der Waals surface area contributed by atoms with Crippen molar-refractivity contribution in [1.82, 2.24) is 15.5 Å². The molecule has 0 spiro atoms. The van der Waals surface area contributed by atoms with Crippen LogP contribution in [0.25, 0.3) is 0 Å². The van der Waals surface area contributed by atoms with Gasteiger partial charge in [-0.2, -0.15) is 5.10 Å². The highest BCUT2D eigenvalue weighted by Gasteiger charge is 2.20. The Bertz CT molecular complexity index is 544. The summed E-state index contributed by atoms with van der Waals surface area (Å²) in [7, 11) is 0. The Hall–Kier alpha value is -1.94. The van der Waals surface area contributed by atoms with Gasteiger partial charge in [-0.25, -0.2) is 0 Å². The van der Waals surface area contributed by atoms with Crippen molar-refractivity contribution in [1.29, 1.82) is 0 Å². The maximum Gasteiger partial charge on any atom is 0.151 e. The zero-order valence-electron chi connectivity index (χ0n) is 13.0. The van der Waals surface area contributed by atoms with E-state index in [9.17, 15) is 0 Å². The van der Waals surface area contributed by atoms with Gasteiger partial charge in [0.15, 0.2) is 5.82 Å². The van der Waals surface area contributed by atoms with E-state index in [1.165, 1.54) is 24.8 Å². The Kier molecular flexibility index (Phi) is 5.37. The third-order valence-corrected chi connectivity index (χ3v) is 4.22. The number of nitrogens with zero attached hydrogens (tertiary/aromatic N) is 3. The van der Waals surface area contributed by atoms with E-state index in [1.54, 1.807) is 6.20 Å². The first-order valence-electron chi connectivity index (χ1n) is 8.22. The summed E-state index contributed by atoms with van der Waals surface area (Å²) in [5.74, 6) is 0.998. The lowest BCUT2D eigenvalue weighted by Crippen LogP contribution is -2.46. The van der Waals surface area contributed by atoms with Crippen LogP contribution in [-0.2, 0) is 6.42 Å². The highest BCUT2D eigenvalue weighted by atomic mass is 15.3.